The smallest absolute Gasteiger partial charge is 0.130 e. The minimum Gasteiger partial charge on any atom is -0.336 e. The van der Waals surface area contributed by atoms with Gasteiger partial charge in [-0.05, 0) is 25.6 Å². The van der Waals surface area contributed by atoms with Crippen LogP contribution in [0.5, 0.6) is 0 Å². The molecular formula is C12H16N4. The van der Waals surface area contributed by atoms with Gasteiger partial charge in [0.1, 0.15) is 5.82 Å². The summed E-state index contributed by atoms with van der Waals surface area (Å²) >= 11 is 0. The van der Waals surface area contributed by atoms with Gasteiger partial charge in [-0.2, -0.15) is 0 Å². The predicted octanol–water partition coefficient (Wildman–Crippen LogP) is 1.43. The number of aromatic nitrogens is 3. The lowest BCUT2D eigenvalue weighted by atomic mass is 10.1. The van der Waals surface area contributed by atoms with E-state index >= 15 is 0 Å². The first-order chi connectivity index (χ1) is 7.74. The Morgan fingerprint density at radius 2 is 2.12 bits per heavy atom. The highest BCUT2D eigenvalue weighted by molar-refractivity contribution is 5.28. The number of hydrogen-bond acceptors (Lipinski definition) is 3. The van der Waals surface area contributed by atoms with Gasteiger partial charge in [0.2, 0.25) is 0 Å². The topological polar surface area (TPSA) is 42.7 Å². The maximum atomic E-state index is 4.38. The number of nitrogens with one attached hydrogen (secondary N) is 1. The zero-order chi connectivity index (χ0) is 11.5. The zero-order valence-corrected chi connectivity index (χ0v) is 9.81. The maximum Gasteiger partial charge on any atom is 0.130 e. The molecule has 1 unspecified atom stereocenters. The summed E-state index contributed by atoms with van der Waals surface area (Å²) in [6.45, 7) is 2.02. The quantitative estimate of drug-likeness (QED) is 0.844. The van der Waals surface area contributed by atoms with E-state index in [-0.39, 0.29) is 6.04 Å². The fourth-order valence-corrected chi connectivity index (χ4v) is 1.88. The highest BCUT2D eigenvalue weighted by Gasteiger charge is 2.17. The van der Waals surface area contributed by atoms with E-state index in [1.807, 2.05) is 50.2 Å². The molecule has 16 heavy (non-hydrogen) atoms. The van der Waals surface area contributed by atoms with Crippen LogP contribution in [0.15, 0.2) is 30.7 Å². The molecule has 4 heteroatoms. The maximum absolute atomic E-state index is 4.38. The van der Waals surface area contributed by atoms with Crippen LogP contribution < -0.4 is 5.32 Å². The first-order valence-electron chi connectivity index (χ1n) is 5.30. The van der Waals surface area contributed by atoms with Crippen molar-refractivity contribution < 1.29 is 0 Å². The van der Waals surface area contributed by atoms with Crippen molar-refractivity contribution in [1.29, 1.82) is 0 Å². The molecule has 0 aromatic carbocycles. The van der Waals surface area contributed by atoms with Crippen molar-refractivity contribution in [3.63, 3.8) is 0 Å². The van der Waals surface area contributed by atoms with Crippen LogP contribution in [0, 0.1) is 6.92 Å². The van der Waals surface area contributed by atoms with E-state index in [4.69, 9.17) is 0 Å². The second-order valence-corrected chi connectivity index (χ2v) is 3.80. The van der Waals surface area contributed by atoms with Crippen molar-refractivity contribution in [3.8, 4) is 0 Å². The lowest BCUT2D eigenvalue weighted by Crippen LogP contribution is -2.22. The summed E-state index contributed by atoms with van der Waals surface area (Å²) in [6.07, 6.45) is 5.57. The molecule has 84 valence electrons. The molecule has 4 nitrogen and oxygen atoms in total. The standard InChI is InChI=1S/C12H16N4/c1-9-10(5-4-6-14-9)11(13-2)12-15-7-8-16(12)3/h4-8,11,13H,1-3H3. The summed E-state index contributed by atoms with van der Waals surface area (Å²) in [7, 11) is 3.93. The van der Waals surface area contributed by atoms with Gasteiger partial charge in [0, 0.05) is 31.3 Å². The molecule has 0 fully saturated rings. The van der Waals surface area contributed by atoms with E-state index in [1.54, 1.807) is 0 Å². The molecule has 0 bridgehead atoms. The van der Waals surface area contributed by atoms with Crippen molar-refractivity contribution in [1.82, 2.24) is 19.9 Å². The van der Waals surface area contributed by atoms with E-state index < -0.39 is 0 Å². The SMILES string of the molecule is CNC(c1cccnc1C)c1nccn1C. The third-order valence-corrected chi connectivity index (χ3v) is 2.76. The molecular weight excluding hydrogens is 200 g/mol. The number of imidazole rings is 1. The molecule has 2 rings (SSSR count). The minimum absolute atomic E-state index is 0.0914. The number of hydrogen-bond donors (Lipinski definition) is 1. The lowest BCUT2D eigenvalue weighted by molar-refractivity contribution is 0.612. The summed E-state index contributed by atoms with van der Waals surface area (Å²) in [4.78, 5) is 8.69. The van der Waals surface area contributed by atoms with Crippen LogP contribution in [0.2, 0.25) is 0 Å². The average Bonchev–Trinajstić information content (AvgIpc) is 2.69. The van der Waals surface area contributed by atoms with Gasteiger partial charge >= 0.3 is 0 Å². The van der Waals surface area contributed by atoms with Crippen molar-refractivity contribution >= 4 is 0 Å². The third-order valence-electron chi connectivity index (χ3n) is 2.76. The van der Waals surface area contributed by atoms with Gasteiger partial charge in [0.15, 0.2) is 0 Å². The van der Waals surface area contributed by atoms with Gasteiger partial charge in [-0.1, -0.05) is 6.07 Å². The molecule has 2 aromatic rings. The highest BCUT2D eigenvalue weighted by atomic mass is 15.1. The third kappa shape index (κ3) is 1.84. The average molecular weight is 216 g/mol. The summed E-state index contributed by atoms with van der Waals surface area (Å²) < 4.78 is 2.02. The summed E-state index contributed by atoms with van der Waals surface area (Å²) in [5, 5.41) is 3.28. The van der Waals surface area contributed by atoms with Gasteiger partial charge in [0.05, 0.1) is 6.04 Å². The van der Waals surface area contributed by atoms with Crippen LogP contribution in [0.4, 0.5) is 0 Å². The van der Waals surface area contributed by atoms with Gasteiger partial charge < -0.3 is 9.88 Å². The van der Waals surface area contributed by atoms with Crippen LogP contribution >= 0.6 is 0 Å². The number of rotatable bonds is 3. The van der Waals surface area contributed by atoms with E-state index in [0.717, 1.165) is 11.5 Å². The lowest BCUT2D eigenvalue weighted by Gasteiger charge is -2.17. The fourth-order valence-electron chi connectivity index (χ4n) is 1.88. The minimum atomic E-state index is 0.0914. The van der Waals surface area contributed by atoms with Crippen LogP contribution in [-0.4, -0.2) is 21.6 Å². The van der Waals surface area contributed by atoms with Gasteiger partial charge in [-0.25, -0.2) is 4.98 Å². The largest absolute Gasteiger partial charge is 0.336 e. The van der Waals surface area contributed by atoms with Crippen molar-refractivity contribution in [2.45, 2.75) is 13.0 Å². The van der Waals surface area contributed by atoms with Gasteiger partial charge in [0.25, 0.3) is 0 Å². The molecule has 2 heterocycles. The predicted molar refractivity (Wildman–Crippen MR) is 63.1 cm³/mol. The van der Waals surface area contributed by atoms with Gasteiger partial charge in [-0.15, -0.1) is 0 Å². The molecule has 1 atom stereocenters. The van der Waals surface area contributed by atoms with Crippen LogP contribution in [0.1, 0.15) is 23.1 Å². The Hall–Kier alpha value is -1.68. The highest BCUT2D eigenvalue weighted by Crippen LogP contribution is 2.21. The molecule has 0 aliphatic carbocycles. The Morgan fingerprint density at radius 3 is 2.69 bits per heavy atom. The van der Waals surface area contributed by atoms with E-state index in [1.165, 1.54) is 5.56 Å². The number of pyridine rings is 1. The monoisotopic (exact) mass is 216 g/mol. The van der Waals surface area contributed by atoms with E-state index in [0.29, 0.717) is 0 Å². The second-order valence-electron chi connectivity index (χ2n) is 3.80. The summed E-state index contributed by atoms with van der Waals surface area (Å²) in [5.74, 6) is 0.999. The molecule has 0 aliphatic heterocycles. The van der Waals surface area contributed by atoms with E-state index in [9.17, 15) is 0 Å². The first kappa shape index (κ1) is 10.8. The Labute approximate surface area is 95.4 Å². The normalized spacial score (nSPS) is 12.7. The van der Waals surface area contributed by atoms with Crippen molar-refractivity contribution in [2.75, 3.05) is 7.05 Å². The van der Waals surface area contributed by atoms with E-state index in [2.05, 4.69) is 21.4 Å². The molecule has 1 N–H and O–H groups in total. The first-order valence-corrected chi connectivity index (χ1v) is 5.30. The van der Waals surface area contributed by atoms with Crippen LogP contribution in [0.25, 0.3) is 0 Å². The summed E-state index contributed by atoms with van der Waals surface area (Å²) in [5.41, 5.74) is 2.20. The fraction of sp³-hybridized carbons (Fsp3) is 0.333. The number of nitrogens with zero attached hydrogens (tertiary/aromatic N) is 3. The van der Waals surface area contributed by atoms with Crippen LogP contribution in [0.3, 0.4) is 0 Å². The van der Waals surface area contributed by atoms with Crippen LogP contribution in [-0.2, 0) is 7.05 Å². The molecule has 0 saturated heterocycles. The molecule has 0 saturated carbocycles. The Balaban J connectivity index is 2.45. The Bertz CT molecular complexity index is 475. The molecule has 0 radical (unpaired) electrons. The molecule has 0 amide bonds. The summed E-state index contributed by atoms with van der Waals surface area (Å²) in [6, 6.07) is 4.13. The second kappa shape index (κ2) is 4.45. The number of aryl methyl sites for hydroxylation is 2. The Morgan fingerprint density at radius 1 is 1.31 bits per heavy atom. The molecule has 2 aromatic heterocycles. The van der Waals surface area contributed by atoms with Crippen molar-refractivity contribution in [3.05, 3.63) is 47.8 Å². The molecule has 0 spiro atoms. The Kier molecular flexibility index (Phi) is 3.01. The van der Waals surface area contributed by atoms with Gasteiger partial charge in [-0.3, -0.25) is 4.98 Å². The zero-order valence-electron chi connectivity index (χ0n) is 9.81. The molecule has 0 aliphatic rings. The van der Waals surface area contributed by atoms with Crippen molar-refractivity contribution in [2.24, 2.45) is 7.05 Å².